The molecule has 0 aliphatic carbocycles. The number of pyridine rings is 1. The molecule has 7 nitrogen and oxygen atoms in total. The van der Waals surface area contributed by atoms with Gasteiger partial charge in [-0.3, -0.25) is 9.29 Å². The van der Waals surface area contributed by atoms with Crippen LogP contribution in [0.3, 0.4) is 0 Å². The van der Waals surface area contributed by atoms with Crippen LogP contribution in [0.25, 0.3) is 21.7 Å². The van der Waals surface area contributed by atoms with Gasteiger partial charge in [-0.05, 0) is 60.0 Å². The molecule has 9 heteroatoms. The molecule has 0 fully saturated rings. The summed E-state index contributed by atoms with van der Waals surface area (Å²) in [6, 6.07) is 35.7. The van der Waals surface area contributed by atoms with E-state index < -0.39 is 16.1 Å². The SMILES string of the molecule is Cc1ccc(S(=O)(=O)N(C)c2c3cccnc3c(OC(c3ccccc3)c3ccccc3)c3c(O)n(Cc4ccc(F)cc4)cc23)cc1. The van der Waals surface area contributed by atoms with Crippen molar-refractivity contribution < 1.29 is 22.7 Å². The highest BCUT2D eigenvalue weighted by Gasteiger charge is 2.31. The zero-order valence-electron chi connectivity index (χ0n) is 26.3. The Morgan fingerprint density at radius 2 is 1.46 bits per heavy atom. The van der Waals surface area contributed by atoms with Crippen LogP contribution in [0.2, 0.25) is 0 Å². The largest absolute Gasteiger partial charge is 0.494 e. The topological polar surface area (TPSA) is 84.7 Å². The van der Waals surface area contributed by atoms with Gasteiger partial charge >= 0.3 is 0 Å². The second-order valence-electron chi connectivity index (χ2n) is 11.7. The zero-order chi connectivity index (χ0) is 33.4. The van der Waals surface area contributed by atoms with Crippen molar-refractivity contribution in [2.24, 2.45) is 0 Å². The molecule has 0 spiro atoms. The molecule has 0 bridgehead atoms. The number of aryl methyl sites for hydroxylation is 1. The first-order valence-electron chi connectivity index (χ1n) is 15.4. The fourth-order valence-electron chi connectivity index (χ4n) is 6.04. The van der Waals surface area contributed by atoms with Gasteiger partial charge < -0.3 is 14.4 Å². The number of hydrogen-bond donors (Lipinski definition) is 1. The first-order chi connectivity index (χ1) is 23.2. The first-order valence-corrected chi connectivity index (χ1v) is 16.9. The Kier molecular flexibility index (Phi) is 8.06. The van der Waals surface area contributed by atoms with E-state index in [-0.39, 0.29) is 23.1 Å². The molecule has 7 aromatic rings. The molecule has 0 unspecified atom stereocenters. The standard InChI is InChI=1S/C39H32FN3O4S/c1-26-15-21-31(22-16-26)48(45,46)42(2)36-32-14-9-23-41-35(32)38(47-37(28-10-5-3-6-11-28)29-12-7-4-8-13-29)34-33(36)25-43(39(34)44)24-27-17-19-30(40)20-18-27/h3-23,25,37,44H,24H2,1-2H3. The van der Waals surface area contributed by atoms with Crippen molar-refractivity contribution in [3.05, 3.63) is 162 Å². The third kappa shape index (κ3) is 5.62. The highest BCUT2D eigenvalue weighted by atomic mass is 32.2. The van der Waals surface area contributed by atoms with Crippen LogP contribution in [0.5, 0.6) is 11.6 Å². The van der Waals surface area contributed by atoms with Crippen LogP contribution >= 0.6 is 0 Å². The van der Waals surface area contributed by atoms with Crippen LogP contribution in [-0.4, -0.2) is 30.1 Å². The van der Waals surface area contributed by atoms with Crippen LogP contribution in [0.1, 0.15) is 28.4 Å². The number of aromatic hydroxyl groups is 1. The van der Waals surface area contributed by atoms with Crippen LogP contribution < -0.4 is 9.04 Å². The van der Waals surface area contributed by atoms with Gasteiger partial charge in [-0.1, -0.05) is 90.5 Å². The van der Waals surface area contributed by atoms with E-state index >= 15 is 0 Å². The Morgan fingerprint density at radius 1 is 0.833 bits per heavy atom. The third-order valence-electron chi connectivity index (χ3n) is 8.51. The molecule has 2 aromatic heterocycles. The lowest BCUT2D eigenvalue weighted by atomic mass is 10.0. The minimum Gasteiger partial charge on any atom is -0.494 e. The first kappa shape index (κ1) is 31.0. The molecular formula is C39H32FN3O4S. The summed E-state index contributed by atoms with van der Waals surface area (Å²) in [5.41, 5.74) is 4.17. The van der Waals surface area contributed by atoms with Crippen molar-refractivity contribution in [2.45, 2.75) is 24.5 Å². The quantitative estimate of drug-likeness (QED) is 0.169. The number of nitrogens with zero attached hydrogens (tertiary/aromatic N) is 3. The zero-order valence-corrected chi connectivity index (χ0v) is 27.1. The number of rotatable bonds is 9. The van der Waals surface area contributed by atoms with E-state index in [2.05, 4.69) is 0 Å². The van der Waals surface area contributed by atoms with Crippen LogP contribution in [0.15, 0.2) is 139 Å². The van der Waals surface area contributed by atoms with Crippen molar-refractivity contribution in [1.29, 1.82) is 0 Å². The second-order valence-corrected chi connectivity index (χ2v) is 13.6. The van der Waals surface area contributed by atoms with Crippen LogP contribution in [-0.2, 0) is 16.6 Å². The highest BCUT2D eigenvalue weighted by Crippen LogP contribution is 2.49. The van der Waals surface area contributed by atoms with Crippen molar-refractivity contribution in [3.8, 4) is 11.6 Å². The summed E-state index contributed by atoms with van der Waals surface area (Å²) < 4.78 is 51.8. The van der Waals surface area contributed by atoms with E-state index in [9.17, 15) is 17.9 Å². The van der Waals surface area contributed by atoms with Crippen molar-refractivity contribution in [2.75, 3.05) is 11.4 Å². The number of ether oxygens (including phenoxy) is 1. The molecule has 0 aliphatic rings. The fraction of sp³-hybridized carbons (Fsp3) is 0.103. The monoisotopic (exact) mass is 657 g/mol. The van der Waals surface area contributed by atoms with Crippen LogP contribution in [0.4, 0.5) is 10.1 Å². The van der Waals surface area contributed by atoms with Gasteiger partial charge in [0.05, 0.1) is 22.5 Å². The summed E-state index contributed by atoms with van der Waals surface area (Å²) >= 11 is 0. The summed E-state index contributed by atoms with van der Waals surface area (Å²) in [4.78, 5) is 4.85. The molecule has 5 aromatic carbocycles. The second kappa shape index (κ2) is 12.5. The van der Waals surface area contributed by atoms with Gasteiger partial charge in [0, 0.05) is 30.2 Å². The van der Waals surface area contributed by atoms with E-state index in [1.54, 1.807) is 65.5 Å². The predicted molar refractivity (Wildman–Crippen MR) is 187 cm³/mol. The van der Waals surface area contributed by atoms with Gasteiger partial charge in [-0.2, -0.15) is 0 Å². The maximum Gasteiger partial charge on any atom is 0.264 e. The number of sulfonamides is 1. The van der Waals surface area contributed by atoms with E-state index in [0.29, 0.717) is 33.1 Å². The number of aromatic nitrogens is 2. The smallest absolute Gasteiger partial charge is 0.264 e. The predicted octanol–water partition coefficient (Wildman–Crippen LogP) is 8.38. The lowest BCUT2D eigenvalue weighted by Crippen LogP contribution is -2.27. The van der Waals surface area contributed by atoms with Gasteiger partial charge in [0.15, 0.2) is 5.75 Å². The molecule has 2 heterocycles. The summed E-state index contributed by atoms with van der Waals surface area (Å²) in [6.07, 6.45) is 2.75. The van der Waals surface area contributed by atoms with E-state index in [1.807, 2.05) is 67.6 Å². The molecule has 0 saturated carbocycles. The molecule has 0 atom stereocenters. The van der Waals surface area contributed by atoms with Gasteiger partial charge in [0.25, 0.3) is 10.0 Å². The molecule has 0 radical (unpaired) electrons. The molecular weight excluding hydrogens is 626 g/mol. The average molecular weight is 658 g/mol. The highest BCUT2D eigenvalue weighted by molar-refractivity contribution is 7.92. The van der Waals surface area contributed by atoms with Crippen molar-refractivity contribution in [1.82, 2.24) is 9.55 Å². The summed E-state index contributed by atoms with van der Waals surface area (Å²) in [5, 5.41) is 13.2. The Balaban J connectivity index is 1.50. The summed E-state index contributed by atoms with van der Waals surface area (Å²) in [7, 11) is -2.55. The maximum absolute atomic E-state index is 14.1. The number of hydrogen-bond acceptors (Lipinski definition) is 5. The molecule has 0 saturated heterocycles. The Hall–Kier alpha value is -5.67. The van der Waals surface area contributed by atoms with Crippen molar-refractivity contribution in [3.63, 3.8) is 0 Å². The number of halogens is 1. The number of anilines is 1. The summed E-state index contributed by atoms with van der Waals surface area (Å²) in [6.45, 7) is 2.09. The minimum absolute atomic E-state index is 0.129. The van der Waals surface area contributed by atoms with Crippen molar-refractivity contribution >= 4 is 37.4 Å². The number of benzene rings is 5. The van der Waals surface area contributed by atoms with E-state index in [4.69, 9.17) is 9.72 Å². The molecule has 0 aliphatic heterocycles. The molecule has 0 amide bonds. The minimum atomic E-state index is -4.05. The molecule has 48 heavy (non-hydrogen) atoms. The molecule has 240 valence electrons. The normalized spacial score (nSPS) is 11.8. The third-order valence-corrected chi connectivity index (χ3v) is 10.3. The fourth-order valence-corrected chi connectivity index (χ4v) is 7.27. The Labute approximate surface area is 278 Å². The van der Waals surface area contributed by atoms with Gasteiger partial charge in [-0.15, -0.1) is 0 Å². The average Bonchev–Trinajstić information content (AvgIpc) is 3.43. The van der Waals surface area contributed by atoms with Gasteiger partial charge in [0.1, 0.15) is 17.4 Å². The Bertz CT molecular complexity index is 2300. The Morgan fingerprint density at radius 3 is 2.08 bits per heavy atom. The van der Waals surface area contributed by atoms with Crippen LogP contribution in [0, 0.1) is 12.7 Å². The summed E-state index contributed by atoms with van der Waals surface area (Å²) in [5.74, 6) is -0.204. The van der Waals surface area contributed by atoms with Gasteiger partial charge in [-0.25, -0.2) is 12.8 Å². The van der Waals surface area contributed by atoms with E-state index in [0.717, 1.165) is 22.3 Å². The molecule has 7 rings (SSSR count). The molecule has 1 N–H and O–H groups in total. The van der Waals surface area contributed by atoms with Gasteiger partial charge in [0.2, 0.25) is 5.88 Å². The lowest BCUT2D eigenvalue weighted by Gasteiger charge is -2.25. The van der Waals surface area contributed by atoms with E-state index in [1.165, 1.54) is 23.5 Å². The maximum atomic E-state index is 14.1. The number of fused-ring (bicyclic) bond motifs is 2. The lowest BCUT2D eigenvalue weighted by molar-refractivity contribution is 0.252.